The van der Waals surface area contributed by atoms with Crippen LogP contribution in [0.15, 0.2) is 27.6 Å². The second-order valence-corrected chi connectivity index (χ2v) is 11.5. The average Bonchev–Trinajstić information content (AvgIpc) is 3.46. The SMILES string of the molecule is CC(=O)O[C@H]1[C@H]2OC23C2CC[C@@H]4CC(=O)CC[C@]4(C)[C@H]2C[C@H](O)[C@]3(C)[C@H]1c1ccc(=O)oc1. The monoisotopic (exact) mass is 456 g/mol. The molecule has 4 saturated carbocycles. The summed E-state index contributed by atoms with van der Waals surface area (Å²) in [6, 6.07) is 3.10. The van der Waals surface area contributed by atoms with Crippen molar-refractivity contribution < 1.29 is 28.6 Å². The summed E-state index contributed by atoms with van der Waals surface area (Å²) >= 11 is 0. The molecule has 1 aliphatic heterocycles. The van der Waals surface area contributed by atoms with Crippen molar-refractivity contribution in [3.8, 4) is 0 Å². The third kappa shape index (κ3) is 2.61. The van der Waals surface area contributed by atoms with E-state index in [4.69, 9.17) is 13.9 Å². The molecule has 1 saturated heterocycles. The number of aliphatic hydroxyl groups is 1. The van der Waals surface area contributed by atoms with Gasteiger partial charge in [0.05, 0.1) is 12.4 Å². The maximum atomic E-state index is 12.2. The molecule has 0 amide bonds. The van der Waals surface area contributed by atoms with E-state index in [1.165, 1.54) is 19.3 Å². The lowest BCUT2D eigenvalue weighted by molar-refractivity contribution is -0.186. The van der Waals surface area contributed by atoms with Crippen LogP contribution in [0.25, 0.3) is 0 Å². The van der Waals surface area contributed by atoms with Crippen LogP contribution in [-0.2, 0) is 19.1 Å². The van der Waals surface area contributed by atoms with Gasteiger partial charge in [0.15, 0.2) is 0 Å². The Morgan fingerprint density at radius 1 is 1.18 bits per heavy atom. The normalized spacial score (nSPS) is 49.9. The highest BCUT2D eigenvalue weighted by molar-refractivity contribution is 5.79. The molecule has 7 nitrogen and oxygen atoms in total. The smallest absolute Gasteiger partial charge is 0.335 e. The zero-order valence-electron chi connectivity index (χ0n) is 19.4. The quantitative estimate of drug-likeness (QED) is 0.539. The molecular formula is C26H32O7. The molecule has 33 heavy (non-hydrogen) atoms. The van der Waals surface area contributed by atoms with Crippen molar-refractivity contribution in [1.82, 2.24) is 0 Å². The summed E-state index contributed by atoms with van der Waals surface area (Å²) in [5.41, 5.74) is -0.972. The number of fused-ring (bicyclic) bond motifs is 3. The first kappa shape index (κ1) is 21.5. The predicted octanol–water partition coefficient (Wildman–Crippen LogP) is 2.98. The minimum atomic E-state index is -0.688. The maximum Gasteiger partial charge on any atom is 0.335 e. The zero-order valence-corrected chi connectivity index (χ0v) is 19.4. The fraction of sp³-hybridized carbons (Fsp3) is 0.731. The summed E-state index contributed by atoms with van der Waals surface area (Å²) in [5, 5.41) is 11.8. The van der Waals surface area contributed by atoms with Gasteiger partial charge >= 0.3 is 11.6 Å². The van der Waals surface area contributed by atoms with Crippen LogP contribution in [0, 0.1) is 28.6 Å². The first-order valence-electron chi connectivity index (χ1n) is 12.3. The molecule has 0 aromatic carbocycles. The molecule has 2 heterocycles. The Hall–Kier alpha value is -1.99. The third-order valence-electron chi connectivity index (χ3n) is 10.4. The summed E-state index contributed by atoms with van der Waals surface area (Å²) in [4.78, 5) is 35.9. The molecule has 7 heteroatoms. The van der Waals surface area contributed by atoms with Crippen LogP contribution >= 0.6 is 0 Å². The Kier molecular flexibility index (Phi) is 4.43. The van der Waals surface area contributed by atoms with Gasteiger partial charge in [-0.25, -0.2) is 4.79 Å². The van der Waals surface area contributed by atoms with Crippen LogP contribution in [0.1, 0.15) is 70.8 Å². The Morgan fingerprint density at radius 2 is 1.97 bits per heavy atom. The lowest BCUT2D eigenvalue weighted by Gasteiger charge is -2.61. The zero-order chi connectivity index (χ0) is 23.3. The largest absolute Gasteiger partial charge is 0.459 e. The summed E-state index contributed by atoms with van der Waals surface area (Å²) in [5.74, 6) is 0.473. The number of hydrogen-bond donors (Lipinski definition) is 1. The highest BCUT2D eigenvalue weighted by Crippen LogP contribution is 2.78. The van der Waals surface area contributed by atoms with Crippen molar-refractivity contribution >= 4 is 11.8 Å². The van der Waals surface area contributed by atoms with Crippen LogP contribution in [0.3, 0.4) is 0 Å². The number of Topliss-reactive ketones (excluding diaryl/α,β-unsaturated/α-hetero) is 1. The summed E-state index contributed by atoms with van der Waals surface area (Å²) in [6.45, 7) is 5.77. The minimum absolute atomic E-state index is 0.00105. The molecule has 10 atom stereocenters. The Labute approximate surface area is 192 Å². The number of rotatable bonds is 2. The van der Waals surface area contributed by atoms with E-state index in [2.05, 4.69) is 13.8 Å². The number of hydrogen-bond acceptors (Lipinski definition) is 7. The van der Waals surface area contributed by atoms with Crippen molar-refractivity contribution in [2.45, 2.75) is 89.1 Å². The van der Waals surface area contributed by atoms with E-state index in [0.29, 0.717) is 31.0 Å². The van der Waals surface area contributed by atoms with E-state index in [1.54, 1.807) is 6.07 Å². The van der Waals surface area contributed by atoms with Crippen LogP contribution in [0.2, 0.25) is 0 Å². The van der Waals surface area contributed by atoms with Crippen molar-refractivity contribution in [1.29, 1.82) is 0 Å². The minimum Gasteiger partial charge on any atom is -0.459 e. The van der Waals surface area contributed by atoms with Gasteiger partial charge in [-0.3, -0.25) is 9.59 Å². The number of epoxide rings is 1. The van der Waals surface area contributed by atoms with E-state index in [1.807, 2.05) is 0 Å². The van der Waals surface area contributed by atoms with Crippen LogP contribution in [0.5, 0.6) is 0 Å². The van der Waals surface area contributed by atoms with Crippen molar-refractivity contribution in [3.63, 3.8) is 0 Å². The Balaban J connectivity index is 1.45. The number of aliphatic hydroxyl groups excluding tert-OH is 1. The van der Waals surface area contributed by atoms with Gasteiger partial charge < -0.3 is 19.0 Å². The van der Waals surface area contributed by atoms with Gasteiger partial charge in [0.1, 0.15) is 23.6 Å². The molecule has 2 unspecified atom stereocenters. The average molecular weight is 457 g/mol. The van der Waals surface area contributed by atoms with Crippen molar-refractivity contribution in [3.05, 3.63) is 34.4 Å². The fourth-order valence-electron chi connectivity index (χ4n) is 8.87. The maximum absolute atomic E-state index is 12.2. The van der Waals surface area contributed by atoms with Gasteiger partial charge in [-0.1, -0.05) is 13.8 Å². The molecular weight excluding hydrogens is 424 g/mol. The number of ether oxygens (including phenoxy) is 2. The second-order valence-electron chi connectivity index (χ2n) is 11.5. The highest BCUT2D eigenvalue weighted by atomic mass is 16.7. The lowest BCUT2D eigenvalue weighted by Crippen LogP contribution is -2.63. The second kappa shape index (κ2) is 6.79. The van der Waals surface area contributed by atoms with E-state index < -0.39 is 28.8 Å². The van der Waals surface area contributed by atoms with Crippen LogP contribution < -0.4 is 5.63 Å². The van der Waals surface area contributed by atoms with Gasteiger partial charge in [-0.2, -0.15) is 0 Å². The van der Waals surface area contributed by atoms with E-state index in [-0.39, 0.29) is 35.2 Å². The van der Waals surface area contributed by atoms with Crippen molar-refractivity contribution in [2.75, 3.05) is 0 Å². The molecule has 6 rings (SSSR count). The predicted molar refractivity (Wildman–Crippen MR) is 116 cm³/mol. The Bertz CT molecular complexity index is 1060. The van der Waals surface area contributed by atoms with E-state index in [0.717, 1.165) is 24.8 Å². The van der Waals surface area contributed by atoms with Crippen LogP contribution in [-0.4, -0.2) is 40.8 Å². The van der Waals surface area contributed by atoms with Gasteiger partial charge in [0.25, 0.3) is 0 Å². The van der Waals surface area contributed by atoms with E-state index >= 15 is 0 Å². The summed E-state index contributed by atoms with van der Waals surface area (Å²) < 4.78 is 17.6. The molecule has 0 bridgehead atoms. The molecule has 4 aliphatic carbocycles. The molecule has 178 valence electrons. The third-order valence-corrected chi connectivity index (χ3v) is 10.4. The van der Waals surface area contributed by atoms with Gasteiger partial charge in [0, 0.05) is 37.2 Å². The van der Waals surface area contributed by atoms with Gasteiger partial charge in [-0.05, 0) is 60.5 Å². The first-order chi connectivity index (χ1) is 15.6. The molecule has 1 spiro atoms. The van der Waals surface area contributed by atoms with Gasteiger partial charge in [0.2, 0.25) is 0 Å². The number of carbonyl (C=O) groups is 2. The highest BCUT2D eigenvalue weighted by Gasteiger charge is 2.86. The fourth-order valence-corrected chi connectivity index (χ4v) is 8.87. The van der Waals surface area contributed by atoms with Gasteiger partial charge in [-0.15, -0.1) is 0 Å². The van der Waals surface area contributed by atoms with Crippen molar-refractivity contribution in [2.24, 2.45) is 28.6 Å². The van der Waals surface area contributed by atoms with Crippen LogP contribution in [0.4, 0.5) is 0 Å². The Morgan fingerprint density at radius 3 is 2.67 bits per heavy atom. The molecule has 1 aromatic heterocycles. The molecule has 5 fully saturated rings. The first-order valence-corrected chi connectivity index (χ1v) is 12.3. The van der Waals surface area contributed by atoms with E-state index in [9.17, 15) is 19.5 Å². The molecule has 1 N–H and O–H groups in total. The summed E-state index contributed by atoms with van der Waals surface area (Å²) in [7, 11) is 0. The summed E-state index contributed by atoms with van der Waals surface area (Å²) in [6.07, 6.45) is 4.61. The molecule has 1 aromatic rings. The molecule has 5 aliphatic rings. The number of carbonyl (C=O) groups excluding carboxylic acids is 2. The molecule has 0 radical (unpaired) electrons. The standard InChI is InChI=1S/C26H32O7/c1-13(27)32-22-21(14-4-7-20(30)31-12-14)25(3)19(29)11-18-17(26(25)23(22)33-26)6-5-15-10-16(28)8-9-24(15,18)2/h4,7,12,15,17-19,21-23,29H,5-6,8-11H2,1-3H3/t15-,17?,18+,19+,21+,22-,23-,24+,25-,26?/m1/s1. The topological polar surface area (TPSA) is 106 Å². The lowest BCUT2D eigenvalue weighted by atomic mass is 9.43. The number of esters is 1. The number of ketones is 1.